The second-order valence-corrected chi connectivity index (χ2v) is 10.2. The highest BCUT2D eigenvalue weighted by molar-refractivity contribution is 7.89. The second-order valence-electron chi connectivity index (χ2n) is 8.23. The summed E-state index contributed by atoms with van der Waals surface area (Å²) >= 11 is 0. The first-order valence-corrected chi connectivity index (χ1v) is 11.8. The first-order valence-electron chi connectivity index (χ1n) is 10.1. The zero-order valence-electron chi connectivity index (χ0n) is 16.7. The van der Waals surface area contributed by atoms with E-state index in [-0.39, 0.29) is 17.8 Å². The van der Waals surface area contributed by atoms with Crippen LogP contribution in [0.25, 0.3) is 0 Å². The maximum Gasteiger partial charge on any atom is 0.214 e. The third-order valence-corrected chi connectivity index (χ3v) is 8.44. The predicted octanol–water partition coefficient (Wildman–Crippen LogP) is 1.67. The predicted molar refractivity (Wildman–Crippen MR) is 109 cm³/mol. The van der Waals surface area contributed by atoms with Crippen molar-refractivity contribution in [2.45, 2.75) is 37.9 Å². The fraction of sp³-hybridized carbons (Fsp3) is 0.737. The van der Waals surface area contributed by atoms with E-state index in [1.807, 2.05) is 25.6 Å². The minimum absolute atomic E-state index is 0.0844. The first-order chi connectivity index (χ1) is 13.5. The van der Waals surface area contributed by atoms with Gasteiger partial charge in [-0.1, -0.05) is 0 Å². The summed E-state index contributed by atoms with van der Waals surface area (Å²) in [6.07, 6.45) is 7.45. The molecule has 3 heterocycles. The number of hydrogen-bond donors (Lipinski definition) is 2. The van der Waals surface area contributed by atoms with E-state index in [1.54, 1.807) is 11.4 Å². The second kappa shape index (κ2) is 8.14. The van der Waals surface area contributed by atoms with Crippen LogP contribution in [0, 0.1) is 11.8 Å². The number of aromatic nitrogens is 1. The van der Waals surface area contributed by atoms with Gasteiger partial charge in [-0.25, -0.2) is 17.7 Å². The number of aliphatic imine (C=N–C) groups is 1. The molecule has 2 fully saturated rings. The summed E-state index contributed by atoms with van der Waals surface area (Å²) in [5, 5.41) is 3.35. The summed E-state index contributed by atoms with van der Waals surface area (Å²) in [5.74, 6) is 1.87. The van der Waals surface area contributed by atoms with E-state index in [4.69, 9.17) is 4.74 Å². The molecule has 0 aromatic carbocycles. The van der Waals surface area contributed by atoms with Crippen molar-refractivity contribution in [2.75, 3.05) is 39.6 Å². The number of hydrogen-bond acceptors (Lipinski definition) is 6. The fourth-order valence-electron chi connectivity index (χ4n) is 4.74. The number of H-pyrrole nitrogens is 1. The molecule has 1 aromatic rings. The standard InChI is InChI=1S/C19H31N5O3S/c1-20-19-17-3-6-21-18(17)22-13-24(19)16-9-15(10-16)12-28(25,26)23-7-4-14(5-8-23)11-27-2/h3,6,13-16,19-21H,4-5,7-12H2,1-2H3. The first kappa shape index (κ1) is 19.9. The molecule has 1 aliphatic carbocycles. The summed E-state index contributed by atoms with van der Waals surface area (Å²) in [7, 11) is 0.478. The van der Waals surface area contributed by atoms with Crippen LogP contribution >= 0.6 is 0 Å². The highest BCUT2D eigenvalue weighted by Crippen LogP contribution is 2.39. The lowest BCUT2D eigenvalue weighted by Gasteiger charge is -2.46. The summed E-state index contributed by atoms with van der Waals surface area (Å²) < 4.78 is 32.5. The number of methoxy groups -OCH3 is 1. The quantitative estimate of drug-likeness (QED) is 0.715. The maximum atomic E-state index is 12.8. The van der Waals surface area contributed by atoms with Crippen LogP contribution in [0.5, 0.6) is 0 Å². The van der Waals surface area contributed by atoms with Crippen LogP contribution < -0.4 is 5.32 Å². The number of aromatic amines is 1. The Hall–Kier alpha value is -1.42. The lowest BCUT2D eigenvalue weighted by molar-refractivity contribution is 0.104. The number of sulfonamides is 1. The van der Waals surface area contributed by atoms with Gasteiger partial charge in [0.15, 0.2) is 0 Å². The molecular formula is C19H31N5O3S. The van der Waals surface area contributed by atoms with Gasteiger partial charge in [-0.15, -0.1) is 0 Å². The van der Waals surface area contributed by atoms with Crippen LogP contribution in [-0.2, 0) is 14.8 Å². The third-order valence-electron chi connectivity index (χ3n) is 6.39. The van der Waals surface area contributed by atoms with Gasteiger partial charge in [-0.05, 0) is 50.6 Å². The summed E-state index contributed by atoms with van der Waals surface area (Å²) in [6, 6.07) is 2.38. The van der Waals surface area contributed by atoms with Gasteiger partial charge in [0.1, 0.15) is 12.0 Å². The van der Waals surface area contributed by atoms with Gasteiger partial charge in [0.2, 0.25) is 10.0 Å². The van der Waals surface area contributed by atoms with Crippen LogP contribution in [0.2, 0.25) is 0 Å². The Balaban J connectivity index is 1.30. The van der Waals surface area contributed by atoms with E-state index >= 15 is 0 Å². The molecule has 9 heteroatoms. The highest BCUT2D eigenvalue weighted by Gasteiger charge is 2.41. The van der Waals surface area contributed by atoms with Crippen molar-refractivity contribution in [2.24, 2.45) is 16.8 Å². The van der Waals surface area contributed by atoms with Gasteiger partial charge in [0.05, 0.1) is 12.1 Å². The molecule has 3 aliphatic rings. The van der Waals surface area contributed by atoms with Gasteiger partial charge < -0.3 is 14.6 Å². The zero-order chi connectivity index (χ0) is 19.7. The van der Waals surface area contributed by atoms with Gasteiger partial charge in [-0.2, -0.15) is 0 Å². The Bertz CT molecular complexity index is 794. The molecule has 0 amide bonds. The SMILES string of the molecule is CNC1c2cc[nH]c2N=CN1C1CC(CS(=O)(=O)N2CCC(COC)CC2)C1. The number of nitrogens with one attached hydrogen (secondary N) is 2. The molecule has 8 nitrogen and oxygen atoms in total. The molecule has 0 bridgehead atoms. The van der Waals surface area contributed by atoms with E-state index < -0.39 is 10.0 Å². The number of fused-ring (bicyclic) bond motifs is 1. The molecular weight excluding hydrogens is 378 g/mol. The monoisotopic (exact) mass is 409 g/mol. The summed E-state index contributed by atoms with van der Waals surface area (Å²) in [5.41, 5.74) is 1.14. The van der Waals surface area contributed by atoms with Crippen LogP contribution in [0.4, 0.5) is 5.82 Å². The minimum Gasteiger partial charge on any atom is -0.384 e. The van der Waals surface area contributed by atoms with E-state index in [1.165, 1.54) is 0 Å². The summed E-state index contributed by atoms with van der Waals surface area (Å²) in [4.78, 5) is 9.88. The number of rotatable bonds is 7. The average Bonchev–Trinajstić information content (AvgIpc) is 3.13. The van der Waals surface area contributed by atoms with Gasteiger partial charge in [-0.3, -0.25) is 5.32 Å². The number of piperidine rings is 1. The van der Waals surface area contributed by atoms with E-state index in [9.17, 15) is 8.42 Å². The van der Waals surface area contributed by atoms with Crippen molar-refractivity contribution in [3.05, 3.63) is 17.8 Å². The molecule has 1 saturated carbocycles. The Labute approximate surface area is 167 Å². The lowest BCUT2D eigenvalue weighted by atomic mass is 9.80. The van der Waals surface area contributed by atoms with Crippen molar-refractivity contribution in [3.8, 4) is 0 Å². The van der Waals surface area contributed by atoms with E-state index in [2.05, 4.69) is 20.2 Å². The summed E-state index contributed by atoms with van der Waals surface area (Å²) in [6.45, 7) is 1.98. The Morgan fingerprint density at radius 2 is 2.04 bits per heavy atom. The smallest absolute Gasteiger partial charge is 0.214 e. The molecule has 1 atom stereocenters. The number of nitrogens with zero attached hydrogens (tertiary/aromatic N) is 3. The van der Waals surface area contributed by atoms with Crippen LogP contribution in [0.15, 0.2) is 17.3 Å². The molecule has 4 rings (SSSR count). The van der Waals surface area contributed by atoms with Crippen molar-refractivity contribution in [1.82, 2.24) is 19.5 Å². The normalized spacial score (nSPS) is 28.9. The number of ether oxygens (including phenoxy) is 1. The average molecular weight is 410 g/mol. The molecule has 28 heavy (non-hydrogen) atoms. The van der Waals surface area contributed by atoms with Crippen LogP contribution in [0.3, 0.4) is 0 Å². The topological polar surface area (TPSA) is 90.0 Å². The van der Waals surface area contributed by atoms with Crippen molar-refractivity contribution in [1.29, 1.82) is 0 Å². The highest BCUT2D eigenvalue weighted by atomic mass is 32.2. The molecule has 2 N–H and O–H groups in total. The fourth-order valence-corrected chi connectivity index (χ4v) is 6.59. The van der Waals surface area contributed by atoms with Crippen molar-refractivity contribution < 1.29 is 13.2 Å². The lowest BCUT2D eigenvalue weighted by Crippen LogP contribution is -2.52. The van der Waals surface area contributed by atoms with Gasteiger partial charge in [0, 0.05) is 44.6 Å². The molecule has 1 unspecified atom stereocenters. The van der Waals surface area contributed by atoms with Gasteiger partial charge >= 0.3 is 0 Å². The van der Waals surface area contributed by atoms with Gasteiger partial charge in [0.25, 0.3) is 0 Å². The van der Waals surface area contributed by atoms with E-state index in [0.717, 1.165) is 43.7 Å². The van der Waals surface area contributed by atoms with Crippen molar-refractivity contribution >= 4 is 22.2 Å². The largest absolute Gasteiger partial charge is 0.384 e. The molecule has 1 saturated heterocycles. The molecule has 1 aromatic heterocycles. The van der Waals surface area contributed by atoms with Crippen molar-refractivity contribution in [3.63, 3.8) is 0 Å². The molecule has 0 spiro atoms. The van der Waals surface area contributed by atoms with Crippen LogP contribution in [0.1, 0.15) is 37.4 Å². The third kappa shape index (κ3) is 3.85. The molecule has 0 radical (unpaired) electrons. The van der Waals surface area contributed by atoms with Crippen LogP contribution in [-0.4, -0.2) is 74.6 Å². The minimum atomic E-state index is -3.18. The maximum absolute atomic E-state index is 12.8. The Morgan fingerprint density at radius 1 is 1.29 bits per heavy atom. The zero-order valence-corrected chi connectivity index (χ0v) is 17.5. The van der Waals surface area contributed by atoms with E-state index in [0.29, 0.717) is 25.0 Å². The molecule has 2 aliphatic heterocycles. The Kier molecular flexibility index (Phi) is 5.78. The Morgan fingerprint density at radius 3 is 2.71 bits per heavy atom. The molecule has 156 valence electrons.